The lowest BCUT2D eigenvalue weighted by Gasteiger charge is -2.16. The molecule has 5 aromatic rings. The van der Waals surface area contributed by atoms with Crippen LogP contribution < -0.4 is 4.74 Å². The van der Waals surface area contributed by atoms with Gasteiger partial charge in [-0.3, -0.25) is 0 Å². The molecule has 7 nitrogen and oxygen atoms in total. The summed E-state index contributed by atoms with van der Waals surface area (Å²) in [7, 11) is 4.00. The Labute approximate surface area is 228 Å². The minimum atomic E-state index is -0.918. The Hall–Kier alpha value is -4.23. The average molecular weight is 523 g/mol. The van der Waals surface area contributed by atoms with Crippen LogP contribution in [0.2, 0.25) is 0 Å². The van der Waals surface area contributed by atoms with Gasteiger partial charge in [-0.1, -0.05) is 54.6 Å². The molecular weight excluding hydrogens is 488 g/mol. The van der Waals surface area contributed by atoms with Gasteiger partial charge in [-0.05, 0) is 57.8 Å². The number of hydrogen-bond acceptors (Lipinski definition) is 5. The van der Waals surface area contributed by atoms with Crippen molar-refractivity contribution in [2.75, 3.05) is 27.2 Å². The van der Waals surface area contributed by atoms with Crippen LogP contribution in [0.15, 0.2) is 67.0 Å². The first kappa shape index (κ1) is 26.4. The van der Waals surface area contributed by atoms with Gasteiger partial charge in [0.2, 0.25) is 0 Å². The Morgan fingerprint density at radius 3 is 2.38 bits per heavy atom. The number of nitrogens with zero attached hydrogens (tertiary/aromatic N) is 4. The van der Waals surface area contributed by atoms with E-state index in [1.165, 1.54) is 0 Å². The number of likely N-dealkylation sites (N-methyl/N-ethyl adjacent to an activating group) is 1. The molecule has 0 fully saturated rings. The lowest BCUT2D eigenvalue weighted by Crippen LogP contribution is -2.21. The third kappa shape index (κ3) is 5.22. The predicted molar refractivity (Wildman–Crippen MR) is 156 cm³/mol. The van der Waals surface area contributed by atoms with Gasteiger partial charge in [0.05, 0.1) is 12.1 Å². The molecule has 5 rings (SSSR count). The first-order valence-corrected chi connectivity index (χ1v) is 13.3. The number of benzene rings is 3. The van der Waals surface area contributed by atoms with Crippen molar-refractivity contribution in [3.05, 3.63) is 89.6 Å². The van der Waals surface area contributed by atoms with Crippen LogP contribution in [0.25, 0.3) is 32.8 Å². The summed E-state index contributed by atoms with van der Waals surface area (Å²) in [6, 6.07) is 20.3. The van der Waals surface area contributed by atoms with Crippen molar-refractivity contribution in [3.8, 4) is 16.9 Å². The van der Waals surface area contributed by atoms with E-state index in [0.29, 0.717) is 38.2 Å². The van der Waals surface area contributed by atoms with E-state index < -0.39 is 5.97 Å². The minimum Gasteiger partial charge on any atom is -0.493 e. The fraction of sp³-hybridized carbons (Fsp3) is 0.281. The van der Waals surface area contributed by atoms with Gasteiger partial charge in [0, 0.05) is 46.4 Å². The smallest absolute Gasteiger partial charge is 0.352 e. The highest BCUT2D eigenvalue weighted by molar-refractivity contribution is 6.04. The first-order chi connectivity index (χ1) is 18.9. The molecule has 0 spiro atoms. The summed E-state index contributed by atoms with van der Waals surface area (Å²) in [6.07, 6.45) is 2.85. The number of hydrogen-bond donors (Lipinski definition) is 1. The molecule has 0 aliphatic heterocycles. The summed E-state index contributed by atoms with van der Waals surface area (Å²) in [5.74, 6) is -0.0732. The summed E-state index contributed by atoms with van der Waals surface area (Å²) in [5, 5.41) is 13.6. The SMILES string of the molecule is Cc1ncnc(C)c1-c1cccc2c(CCCOc3cccc4ccccc34)c(C(=O)O)n(CCN(C)C)c12. The molecule has 0 bridgehead atoms. The van der Waals surface area contributed by atoms with E-state index in [1.807, 2.05) is 75.0 Å². The second-order valence-corrected chi connectivity index (χ2v) is 10.1. The maximum Gasteiger partial charge on any atom is 0.352 e. The molecule has 2 heterocycles. The standard InChI is InChI=1S/C32H34N4O3/c1-21-29(22(2)34-20-33-21)27-14-8-13-25-26(31(32(37)38)36(30(25)27)18-17-35(3)4)15-9-19-39-28-16-7-11-23-10-5-6-12-24(23)28/h5-8,10-14,16,20H,9,15,17-19H2,1-4H3,(H,37,38). The molecule has 200 valence electrons. The van der Waals surface area contributed by atoms with Gasteiger partial charge in [0.25, 0.3) is 0 Å². The quantitative estimate of drug-likeness (QED) is 0.222. The molecule has 1 N–H and O–H groups in total. The van der Waals surface area contributed by atoms with Gasteiger partial charge in [0.15, 0.2) is 0 Å². The van der Waals surface area contributed by atoms with Gasteiger partial charge < -0.3 is 19.3 Å². The monoisotopic (exact) mass is 522 g/mol. The van der Waals surface area contributed by atoms with Crippen LogP contribution in [0.3, 0.4) is 0 Å². The molecule has 0 atom stereocenters. The molecule has 7 heteroatoms. The molecule has 0 radical (unpaired) electrons. The largest absolute Gasteiger partial charge is 0.493 e. The van der Waals surface area contributed by atoms with Crippen molar-refractivity contribution in [1.82, 2.24) is 19.4 Å². The van der Waals surface area contributed by atoms with Gasteiger partial charge in [0.1, 0.15) is 17.8 Å². The highest BCUT2D eigenvalue weighted by Gasteiger charge is 2.25. The van der Waals surface area contributed by atoms with Crippen LogP contribution in [0, 0.1) is 13.8 Å². The van der Waals surface area contributed by atoms with Crippen molar-refractivity contribution >= 4 is 27.6 Å². The van der Waals surface area contributed by atoms with E-state index in [-0.39, 0.29) is 0 Å². The van der Waals surface area contributed by atoms with Crippen molar-refractivity contribution in [2.24, 2.45) is 0 Å². The van der Waals surface area contributed by atoms with E-state index in [0.717, 1.165) is 55.5 Å². The summed E-state index contributed by atoms with van der Waals surface area (Å²) in [4.78, 5) is 23.7. The Bertz CT molecular complexity index is 1630. The van der Waals surface area contributed by atoms with E-state index in [9.17, 15) is 9.90 Å². The number of carboxylic acids is 1. The average Bonchev–Trinajstić information content (AvgIpc) is 3.24. The van der Waals surface area contributed by atoms with Crippen molar-refractivity contribution in [2.45, 2.75) is 33.2 Å². The highest BCUT2D eigenvalue weighted by Crippen LogP contribution is 2.37. The second kappa shape index (κ2) is 11.3. The van der Waals surface area contributed by atoms with E-state index in [1.54, 1.807) is 6.33 Å². The zero-order valence-electron chi connectivity index (χ0n) is 22.9. The maximum absolute atomic E-state index is 12.7. The molecule has 39 heavy (non-hydrogen) atoms. The Morgan fingerprint density at radius 2 is 1.64 bits per heavy atom. The summed E-state index contributed by atoms with van der Waals surface area (Å²) >= 11 is 0. The number of aryl methyl sites for hydroxylation is 3. The molecule has 0 aliphatic carbocycles. The fourth-order valence-corrected chi connectivity index (χ4v) is 5.44. The molecule has 0 amide bonds. The maximum atomic E-state index is 12.7. The number of para-hydroxylation sites is 1. The lowest BCUT2D eigenvalue weighted by atomic mass is 9.98. The number of aromatic nitrogens is 3. The molecule has 0 saturated heterocycles. The first-order valence-electron chi connectivity index (χ1n) is 13.3. The summed E-state index contributed by atoms with van der Waals surface area (Å²) in [6.45, 7) is 5.70. The van der Waals surface area contributed by atoms with E-state index in [2.05, 4.69) is 33.1 Å². The minimum absolute atomic E-state index is 0.344. The van der Waals surface area contributed by atoms with Crippen LogP contribution in [0.1, 0.15) is 33.9 Å². The molecular formula is C32H34N4O3. The van der Waals surface area contributed by atoms with Crippen LogP contribution in [0.4, 0.5) is 0 Å². The third-order valence-electron chi connectivity index (χ3n) is 7.23. The van der Waals surface area contributed by atoms with Crippen LogP contribution in [-0.4, -0.2) is 57.8 Å². The number of carbonyl (C=O) groups is 1. The number of carboxylic acid groups (broad SMARTS) is 1. The van der Waals surface area contributed by atoms with Gasteiger partial charge in [-0.15, -0.1) is 0 Å². The zero-order valence-corrected chi connectivity index (χ0v) is 22.9. The fourth-order valence-electron chi connectivity index (χ4n) is 5.44. The van der Waals surface area contributed by atoms with Gasteiger partial charge in [-0.2, -0.15) is 0 Å². The van der Waals surface area contributed by atoms with Crippen molar-refractivity contribution in [3.63, 3.8) is 0 Å². The van der Waals surface area contributed by atoms with Crippen LogP contribution in [0.5, 0.6) is 5.75 Å². The zero-order chi connectivity index (χ0) is 27.5. The molecule has 2 aromatic heterocycles. The van der Waals surface area contributed by atoms with E-state index in [4.69, 9.17) is 4.74 Å². The normalized spacial score (nSPS) is 11.5. The lowest BCUT2D eigenvalue weighted by molar-refractivity contribution is 0.0683. The topological polar surface area (TPSA) is 80.5 Å². The summed E-state index contributed by atoms with van der Waals surface area (Å²) < 4.78 is 8.16. The molecule has 0 aliphatic rings. The Balaban J connectivity index is 1.54. The van der Waals surface area contributed by atoms with E-state index >= 15 is 0 Å². The number of ether oxygens (including phenoxy) is 1. The predicted octanol–water partition coefficient (Wildman–Crippen LogP) is 6.14. The Kier molecular flexibility index (Phi) is 7.61. The number of fused-ring (bicyclic) bond motifs is 2. The Morgan fingerprint density at radius 1 is 0.949 bits per heavy atom. The summed E-state index contributed by atoms with van der Waals surface area (Å²) in [5.41, 5.74) is 5.76. The molecule has 3 aromatic carbocycles. The number of rotatable bonds is 10. The van der Waals surface area contributed by atoms with Gasteiger partial charge >= 0.3 is 5.97 Å². The molecule has 0 saturated carbocycles. The van der Waals surface area contributed by atoms with Crippen molar-refractivity contribution in [1.29, 1.82) is 0 Å². The highest BCUT2D eigenvalue weighted by atomic mass is 16.5. The molecule has 0 unspecified atom stereocenters. The van der Waals surface area contributed by atoms with Gasteiger partial charge in [-0.25, -0.2) is 14.8 Å². The van der Waals surface area contributed by atoms with Crippen LogP contribution in [-0.2, 0) is 13.0 Å². The van der Waals surface area contributed by atoms with Crippen molar-refractivity contribution < 1.29 is 14.6 Å². The number of aromatic carboxylic acids is 1. The third-order valence-corrected chi connectivity index (χ3v) is 7.23. The second-order valence-electron chi connectivity index (χ2n) is 10.1. The van der Waals surface area contributed by atoms with Crippen LogP contribution >= 0.6 is 0 Å².